The quantitative estimate of drug-likeness (QED) is 0.443. The van der Waals surface area contributed by atoms with E-state index in [-0.39, 0.29) is 18.1 Å². The Labute approximate surface area is 183 Å². The lowest BCUT2D eigenvalue weighted by Crippen LogP contribution is -2.22. The topological polar surface area (TPSA) is 70.2 Å². The maximum absolute atomic E-state index is 12.8. The van der Waals surface area contributed by atoms with E-state index in [0.29, 0.717) is 24.2 Å². The molecule has 0 unspecified atom stereocenters. The molecule has 166 valence electrons. The second kappa shape index (κ2) is 10.5. The van der Waals surface area contributed by atoms with Gasteiger partial charge in [0.15, 0.2) is 0 Å². The molecule has 3 aromatic rings. The third-order valence-electron chi connectivity index (χ3n) is 4.58. The van der Waals surface area contributed by atoms with E-state index in [1.54, 1.807) is 24.3 Å². The number of alkyl halides is 3. The van der Waals surface area contributed by atoms with Gasteiger partial charge in [-0.2, -0.15) is 13.2 Å². The first-order valence-corrected chi connectivity index (χ1v) is 9.94. The SMILES string of the molecule is O=C(CCc1ccccc1)Nc1ccc(NCC(=O)Nc2cccc(C(F)(F)F)c2)cc1. The molecule has 2 amide bonds. The standard InChI is InChI=1S/C24H22F3N3O2/c25-24(26,27)18-7-4-8-21(15-18)30-23(32)16-28-19-10-12-20(13-11-19)29-22(31)14-9-17-5-2-1-3-6-17/h1-8,10-13,15,28H,9,14,16H2,(H,29,31)(H,30,32). The average Bonchev–Trinajstić information content (AvgIpc) is 2.77. The molecule has 8 heteroatoms. The van der Waals surface area contributed by atoms with E-state index in [4.69, 9.17) is 0 Å². The molecule has 0 aliphatic rings. The van der Waals surface area contributed by atoms with Gasteiger partial charge in [0.1, 0.15) is 0 Å². The second-order valence-electron chi connectivity index (χ2n) is 7.09. The first kappa shape index (κ1) is 22.9. The Balaban J connectivity index is 1.44. The predicted molar refractivity (Wildman–Crippen MR) is 118 cm³/mol. The minimum atomic E-state index is -4.47. The van der Waals surface area contributed by atoms with Crippen molar-refractivity contribution in [2.75, 3.05) is 22.5 Å². The molecule has 0 spiro atoms. The minimum Gasteiger partial charge on any atom is -0.376 e. The molecular weight excluding hydrogens is 419 g/mol. The van der Waals surface area contributed by atoms with Crippen molar-refractivity contribution in [2.45, 2.75) is 19.0 Å². The normalized spacial score (nSPS) is 11.0. The first-order valence-electron chi connectivity index (χ1n) is 9.94. The maximum Gasteiger partial charge on any atom is 0.416 e. The lowest BCUT2D eigenvalue weighted by Gasteiger charge is -2.11. The van der Waals surface area contributed by atoms with Crippen LogP contribution < -0.4 is 16.0 Å². The summed E-state index contributed by atoms with van der Waals surface area (Å²) >= 11 is 0. The molecule has 3 rings (SSSR count). The Morgan fingerprint density at radius 1 is 0.719 bits per heavy atom. The molecule has 3 N–H and O–H groups in total. The van der Waals surface area contributed by atoms with Crippen LogP contribution in [0.4, 0.5) is 30.2 Å². The third-order valence-corrected chi connectivity index (χ3v) is 4.58. The molecule has 0 heterocycles. The first-order chi connectivity index (χ1) is 15.3. The summed E-state index contributed by atoms with van der Waals surface area (Å²) in [5.41, 5.74) is 1.59. The Kier molecular flexibility index (Phi) is 7.49. The number of nitrogens with one attached hydrogen (secondary N) is 3. The van der Waals surface area contributed by atoms with Gasteiger partial charge in [-0.15, -0.1) is 0 Å². The van der Waals surface area contributed by atoms with Crippen molar-refractivity contribution in [1.82, 2.24) is 0 Å². The fourth-order valence-electron chi connectivity index (χ4n) is 2.96. The van der Waals surface area contributed by atoms with E-state index in [1.807, 2.05) is 30.3 Å². The molecule has 0 radical (unpaired) electrons. The molecule has 5 nitrogen and oxygen atoms in total. The van der Waals surface area contributed by atoms with Crippen LogP contribution >= 0.6 is 0 Å². The van der Waals surface area contributed by atoms with Crippen molar-refractivity contribution in [2.24, 2.45) is 0 Å². The molecule has 0 aromatic heterocycles. The Morgan fingerprint density at radius 2 is 1.38 bits per heavy atom. The highest BCUT2D eigenvalue weighted by atomic mass is 19.4. The molecule has 32 heavy (non-hydrogen) atoms. The van der Waals surface area contributed by atoms with Gasteiger partial charge in [-0.25, -0.2) is 0 Å². The second-order valence-corrected chi connectivity index (χ2v) is 7.09. The van der Waals surface area contributed by atoms with E-state index in [1.165, 1.54) is 12.1 Å². The van der Waals surface area contributed by atoms with Crippen molar-refractivity contribution in [3.63, 3.8) is 0 Å². The number of anilines is 3. The van der Waals surface area contributed by atoms with Gasteiger partial charge in [-0.05, 0) is 54.4 Å². The Bertz CT molecular complexity index is 1050. The largest absolute Gasteiger partial charge is 0.416 e. The molecular formula is C24H22F3N3O2. The highest BCUT2D eigenvalue weighted by molar-refractivity contribution is 5.94. The van der Waals surface area contributed by atoms with Crippen molar-refractivity contribution < 1.29 is 22.8 Å². The summed E-state index contributed by atoms with van der Waals surface area (Å²) in [6, 6.07) is 21.0. The number of rotatable bonds is 8. The number of halogens is 3. The zero-order chi connectivity index (χ0) is 23.0. The molecule has 0 saturated heterocycles. The van der Waals surface area contributed by atoms with Gasteiger partial charge < -0.3 is 16.0 Å². The summed E-state index contributed by atoms with van der Waals surface area (Å²) in [6.45, 7) is -0.126. The van der Waals surface area contributed by atoms with Gasteiger partial charge >= 0.3 is 6.18 Å². The Hall–Kier alpha value is -3.81. The highest BCUT2D eigenvalue weighted by Gasteiger charge is 2.30. The Morgan fingerprint density at radius 3 is 2.06 bits per heavy atom. The molecule has 0 saturated carbocycles. The zero-order valence-electron chi connectivity index (χ0n) is 17.1. The van der Waals surface area contributed by atoms with E-state index in [2.05, 4.69) is 16.0 Å². The van der Waals surface area contributed by atoms with Crippen molar-refractivity contribution in [1.29, 1.82) is 0 Å². The van der Waals surface area contributed by atoms with E-state index in [9.17, 15) is 22.8 Å². The van der Waals surface area contributed by atoms with Gasteiger partial charge in [0.05, 0.1) is 12.1 Å². The van der Waals surface area contributed by atoms with E-state index >= 15 is 0 Å². The highest BCUT2D eigenvalue weighted by Crippen LogP contribution is 2.30. The van der Waals surface area contributed by atoms with Crippen LogP contribution in [0.15, 0.2) is 78.9 Å². The number of hydrogen-bond donors (Lipinski definition) is 3. The van der Waals surface area contributed by atoms with Gasteiger partial charge in [0.25, 0.3) is 0 Å². The number of carbonyl (C=O) groups is 2. The molecule has 0 aliphatic heterocycles. The summed E-state index contributed by atoms with van der Waals surface area (Å²) in [5.74, 6) is -0.586. The van der Waals surface area contributed by atoms with Gasteiger partial charge in [-0.3, -0.25) is 9.59 Å². The number of carbonyl (C=O) groups excluding carboxylic acids is 2. The molecule has 0 fully saturated rings. The number of hydrogen-bond acceptors (Lipinski definition) is 3. The van der Waals surface area contributed by atoms with Crippen LogP contribution in [0.5, 0.6) is 0 Å². The van der Waals surface area contributed by atoms with Crippen molar-refractivity contribution in [3.8, 4) is 0 Å². The van der Waals surface area contributed by atoms with Gasteiger partial charge in [0.2, 0.25) is 11.8 Å². The predicted octanol–water partition coefficient (Wildman–Crippen LogP) is 5.33. The fraction of sp³-hybridized carbons (Fsp3) is 0.167. The lowest BCUT2D eigenvalue weighted by atomic mass is 10.1. The van der Waals surface area contributed by atoms with Crippen LogP contribution in [-0.4, -0.2) is 18.4 Å². The fourth-order valence-corrected chi connectivity index (χ4v) is 2.96. The zero-order valence-corrected chi connectivity index (χ0v) is 17.1. The van der Waals surface area contributed by atoms with E-state index < -0.39 is 17.6 Å². The van der Waals surface area contributed by atoms with Crippen LogP contribution in [0.1, 0.15) is 17.5 Å². The molecule has 0 bridgehead atoms. The summed E-state index contributed by atoms with van der Waals surface area (Å²) in [4.78, 5) is 24.1. The van der Waals surface area contributed by atoms with Crippen molar-refractivity contribution >= 4 is 28.9 Å². The summed E-state index contributed by atoms with van der Waals surface area (Å²) < 4.78 is 38.3. The average molecular weight is 441 g/mol. The molecule has 0 aliphatic carbocycles. The van der Waals surface area contributed by atoms with Crippen molar-refractivity contribution in [3.05, 3.63) is 90.0 Å². The number of aryl methyl sites for hydroxylation is 1. The number of amides is 2. The monoisotopic (exact) mass is 441 g/mol. The maximum atomic E-state index is 12.8. The lowest BCUT2D eigenvalue weighted by molar-refractivity contribution is -0.137. The van der Waals surface area contributed by atoms with Crippen LogP contribution in [0, 0.1) is 0 Å². The summed E-state index contributed by atoms with van der Waals surface area (Å²) in [6.07, 6.45) is -3.47. The molecule has 0 atom stereocenters. The van der Waals surface area contributed by atoms with Gasteiger partial charge in [-0.1, -0.05) is 36.4 Å². The minimum absolute atomic E-state index is 0.0696. The van der Waals surface area contributed by atoms with Crippen LogP contribution in [0.25, 0.3) is 0 Å². The third kappa shape index (κ3) is 7.16. The van der Waals surface area contributed by atoms with Crippen LogP contribution in [0.2, 0.25) is 0 Å². The van der Waals surface area contributed by atoms with Gasteiger partial charge in [0, 0.05) is 23.5 Å². The molecule has 3 aromatic carbocycles. The van der Waals surface area contributed by atoms with Crippen LogP contribution in [0.3, 0.4) is 0 Å². The summed E-state index contributed by atoms with van der Waals surface area (Å²) in [5, 5.41) is 8.14. The van der Waals surface area contributed by atoms with E-state index in [0.717, 1.165) is 17.7 Å². The number of benzene rings is 3. The smallest absolute Gasteiger partial charge is 0.376 e. The van der Waals surface area contributed by atoms with Crippen LogP contribution in [-0.2, 0) is 22.2 Å². The summed E-state index contributed by atoms with van der Waals surface area (Å²) in [7, 11) is 0.